The lowest BCUT2D eigenvalue weighted by Crippen LogP contribution is -2.32. The number of nitrogens with two attached hydrogens (primary N) is 2. The van der Waals surface area contributed by atoms with Crippen molar-refractivity contribution in [1.29, 1.82) is 0 Å². The third kappa shape index (κ3) is 10.5. The van der Waals surface area contributed by atoms with Crippen molar-refractivity contribution in [3.05, 3.63) is 35.4 Å². The maximum absolute atomic E-state index is 11.4. The quantitative estimate of drug-likeness (QED) is 0.114. The van der Waals surface area contributed by atoms with Crippen LogP contribution in [0.2, 0.25) is 0 Å². The van der Waals surface area contributed by atoms with Crippen molar-refractivity contribution in [2.24, 2.45) is 0 Å². The lowest BCUT2D eigenvalue weighted by Gasteiger charge is -2.17. The van der Waals surface area contributed by atoms with Crippen LogP contribution in [0, 0.1) is 0 Å². The van der Waals surface area contributed by atoms with Gasteiger partial charge in [-0.1, -0.05) is 0 Å². The van der Waals surface area contributed by atoms with Crippen LogP contribution < -0.4 is 17.2 Å². The van der Waals surface area contributed by atoms with Crippen molar-refractivity contribution in [3.8, 4) is 0 Å². The molecule has 0 saturated carbocycles. The summed E-state index contributed by atoms with van der Waals surface area (Å²) in [5, 5.41) is 18.3. The van der Waals surface area contributed by atoms with Crippen LogP contribution in [0.1, 0.15) is 0 Å². The summed E-state index contributed by atoms with van der Waals surface area (Å²) in [5.74, 6) is 0.330. The number of anilines is 2. The van der Waals surface area contributed by atoms with Crippen LogP contribution in [0.5, 0.6) is 0 Å². The molecule has 38 heavy (non-hydrogen) atoms. The van der Waals surface area contributed by atoms with Gasteiger partial charge in [0.2, 0.25) is 7.37 Å². The molecule has 0 bridgehead atoms. The van der Waals surface area contributed by atoms with Crippen molar-refractivity contribution in [2.45, 2.75) is 25.3 Å². The minimum Gasteiger partial charge on any atom is -0.394 e. The van der Waals surface area contributed by atoms with E-state index < -0.39 is 45.8 Å². The van der Waals surface area contributed by atoms with E-state index in [0.29, 0.717) is 11.2 Å². The topological polar surface area (TPSA) is 284 Å². The van der Waals surface area contributed by atoms with E-state index >= 15 is 0 Å². The molecule has 0 fully saturated rings. The zero-order chi connectivity index (χ0) is 28.5. The Morgan fingerprint density at radius 2 is 1.58 bits per heavy atom. The molecule has 0 amide bonds. The molecule has 0 aromatic carbocycles. The maximum Gasteiger partial charge on any atom is 0.350 e. The maximum atomic E-state index is 11.4. The van der Waals surface area contributed by atoms with Crippen LogP contribution in [0.15, 0.2) is 29.7 Å². The number of aromatic nitrogens is 6. The van der Waals surface area contributed by atoms with Crippen LogP contribution in [-0.4, -0.2) is 98.7 Å². The van der Waals surface area contributed by atoms with Gasteiger partial charge in [-0.15, -0.1) is 0 Å². The molecule has 0 aliphatic carbocycles. The number of hydrogen-bond donors (Lipinski definition) is 7. The number of hydrogen-bond acceptors (Lipinski definition) is 13. The second kappa shape index (κ2) is 13.8. The number of ether oxygens (including phenoxy) is 2. The van der Waals surface area contributed by atoms with Crippen molar-refractivity contribution in [2.75, 3.05) is 44.0 Å². The van der Waals surface area contributed by atoms with E-state index in [1.807, 2.05) is 0 Å². The Morgan fingerprint density at radius 1 is 0.974 bits per heavy atom. The molecule has 0 spiro atoms. The zero-order valence-corrected chi connectivity index (χ0v) is 22.0. The number of aliphatic hydroxyl groups is 2. The predicted octanol–water partition coefficient (Wildman–Crippen LogP) is -2.02. The van der Waals surface area contributed by atoms with Crippen LogP contribution in [0.4, 0.5) is 11.6 Å². The number of fused-ring (bicyclic) bond motifs is 1. The molecule has 1 unspecified atom stereocenters. The molecule has 0 aliphatic rings. The minimum atomic E-state index is -4.31. The van der Waals surface area contributed by atoms with Gasteiger partial charge in [-0.3, -0.25) is 13.7 Å². The Balaban J connectivity index is 0.000000269. The summed E-state index contributed by atoms with van der Waals surface area (Å²) < 4.78 is 34.6. The summed E-state index contributed by atoms with van der Waals surface area (Å²) in [7, 11) is -7.60. The standard InChI is InChI=1S/C10H16N5O4P.C8H14N3O6P/c1-20(17,18)6-19-7(3-16)2-15-5-14-8-9(11)12-4-13-10(8)15;9-7-1-2-11(8(13)10-7)3-6(4-12)17-5-18(14,15)16/h4-5,7,16H,2-3,6H2,1H3,(H,17,18)(H2,11,12,13);1-2,6,12H,3-5H2,(H2,9,10,13)(H2,14,15,16)/t7-;6-/m00/s1. The first kappa shape index (κ1) is 31.4. The van der Waals surface area contributed by atoms with Crippen molar-refractivity contribution < 1.29 is 43.5 Å². The first-order valence-corrected chi connectivity index (χ1v) is 14.8. The van der Waals surface area contributed by atoms with Gasteiger partial charge in [0.05, 0.1) is 44.8 Å². The molecule has 0 saturated heterocycles. The summed E-state index contributed by atoms with van der Waals surface area (Å²) in [6, 6.07) is 1.39. The third-order valence-corrected chi connectivity index (χ3v) is 5.67. The highest BCUT2D eigenvalue weighted by molar-refractivity contribution is 7.56. The lowest BCUT2D eigenvalue weighted by molar-refractivity contribution is 0.0188. The second-order valence-corrected chi connectivity index (χ2v) is 12.0. The Bertz CT molecular complexity index is 1340. The van der Waals surface area contributed by atoms with Crippen LogP contribution in [-0.2, 0) is 31.7 Å². The average Bonchev–Trinajstić information content (AvgIpc) is 3.24. The molecule has 0 aliphatic heterocycles. The molecule has 3 aromatic heterocycles. The Labute approximate surface area is 215 Å². The molecule has 212 valence electrons. The molecule has 3 heterocycles. The molecule has 3 atom stereocenters. The van der Waals surface area contributed by atoms with E-state index in [1.165, 1.54) is 31.6 Å². The zero-order valence-electron chi connectivity index (χ0n) is 20.2. The first-order chi connectivity index (χ1) is 17.7. The van der Waals surface area contributed by atoms with Gasteiger partial charge in [0, 0.05) is 12.9 Å². The number of aliphatic hydroxyl groups excluding tert-OH is 2. The Morgan fingerprint density at radius 3 is 2.13 bits per heavy atom. The first-order valence-electron chi connectivity index (χ1n) is 10.8. The van der Waals surface area contributed by atoms with E-state index in [-0.39, 0.29) is 37.7 Å². The lowest BCUT2D eigenvalue weighted by atomic mass is 10.3. The Kier molecular flexibility index (Phi) is 11.4. The molecule has 3 aromatic rings. The SMILES string of the molecule is CP(=O)(O)CO[C@H](CO)Cn1cnc2c(N)ncnc21.Nc1ccn(C[C@@H](CO)OCP(=O)(O)O)c(=O)n1. The van der Waals surface area contributed by atoms with Gasteiger partial charge in [-0.2, -0.15) is 4.98 Å². The highest BCUT2D eigenvalue weighted by Gasteiger charge is 2.19. The van der Waals surface area contributed by atoms with Crippen LogP contribution in [0.3, 0.4) is 0 Å². The van der Waals surface area contributed by atoms with E-state index in [9.17, 15) is 23.9 Å². The van der Waals surface area contributed by atoms with Crippen molar-refractivity contribution in [1.82, 2.24) is 29.1 Å². The normalized spacial score (nSPS) is 14.9. The van der Waals surface area contributed by atoms with Crippen LogP contribution >= 0.6 is 15.0 Å². The smallest absolute Gasteiger partial charge is 0.350 e. The van der Waals surface area contributed by atoms with Gasteiger partial charge in [-0.05, 0) is 6.07 Å². The minimum absolute atomic E-state index is 0.0629. The highest BCUT2D eigenvalue weighted by Crippen LogP contribution is 2.35. The fraction of sp³-hybridized carbons (Fsp3) is 0.500. The van der Waals surface area contributed by atoms with E-state index in [1.54, 1.807) is 4.57 Å². The summed E-state index contributed by atoms with van der Waals surface area (Å²) in [5.41, 5.74) is 11.3. The second-order valence-electron chi connectivity index (χ2n) is 8.03. The van der Waals surface area contributed by atoms with E-state index in [4.69, 9.17) is 35.8 Å². The van der Waals surface area contributed by atoms with Gasteiger partial charge in [0.25, 0.3) is 0 Å². The monoisotopic (exact) mass is 580 g/mol. The molecule has 20 heteroatoms. The van der Waals surface area contributed by atoms with E-state index in [0.717, 1.165) is 4.57 Å². The largest absolute Gasteiger partial charge is 0.394 e. The van der Waals surface area contributed by atoms with Crippen molar-refractivity contribution in [3.63, 3.8) is 0 Å². The average molecular weight is 580 g/mol. The van der Waals surface area contributed by atoms with Crippen molar-refractivity contribution >= 4 is 37.8 Å². The Hall–Kier alpha value is -2.79. The molecule has 18 nitrogen and oxygen atoms in total. The number of nitrogen functional groups attached to an aromatic ring is 2. The molecular formula is C18H30N8O10P2. The van der Waals surface area contributed by atoms with Gasteiger partial charge in [0.15, 0.2) is 11.5 Å². The van der Waals surface area contributed by atoms with Gasteiger partial charge in [0.1, 0.15) is 30.4 Å². The molecule has 0 radical (unpaired) electrons. The van der Waals surface area contributed by atoms with Gasteiger partial charge >= 0.3 is 13.3 Å². The summed E-state index contributed by atoms with van der Waals surface area (Å²) in [6.45, 7) is 0.574. The van der Waals surface area contributed by atoms with E-state index in [2.05, 4.69) is 19.9 Å². The summed E-state index contributed by atoms with van der Waals surface area (Å²) in [4.78, 5) is 53.3. The molecular weight excluding hydrogens is 550 g/mol. The van der Waals surface area contributed by atoms with Crippen LogP contribution in [0.25, 0.3) is 11.2 Å². The molecule has 3 rings (SSSR count). The summed E-state index contributed by atoms with van der Waals surface area (Å²) >= 11 is 0. The van der Waals surface area contributed by atoms with Gasteiger partial charge in [-0.25, -0.2) is 19.7 Å². The number of imidazole rings is 1. The predicted molar refractivity (Wildman–Crippen MR) is 134 cm³/mol. The highest BCUT2D eigenvalue weighted by atomic mass is 31.2. The third-order valence-electron chi connectivity index (χ3n) is 4.56. The van der Waals surface area contributed by atoms with Gasteiger partial charge < -0.3 is 50.4 Å². The summed E-state index contributed by atoms with van der Waals surface area (Å²) in [6.07, 6.45) is 1.49. The number of rotatable bonds is 12. The molecule has 9 N–H and O–H groups in total. The fourth-order valence-corrected chi connectivity index (χ4v) is 3.72. The number of nitrogens with zero attached hydrogens (tertiary/aromatic N) is 6. The fourth-order valence-electron chi connectivity index (χ4n) is 2.82.